The number of nitrogens with zero attached hydrogens (tertiary/aromatic N) is 1. The van der Waals surface area contributed by atoms with Gasteiger partial charge >= 0.3 is 5.97 Å². The van der Waals surface area contributed by atoms with E-state index in [0.717, 1.165) is 5.56 Å². The van der Waals surface area contributed by atoms with Gasteiger partial charge in [0.2, 0.25) is 0 Å². The maximum Gasteiger partial charge on any atom is 0.338 e. The Kier molecular flexibility index (Phi) is 7.07. The van der Waals surface area contributed by atoms with Crippen LogP contribution in [-0.2, 0) is 26.0 Å². The second-order valence-corrected chi connectivity index (χ2v) is 9.88. The molecule has 1 aliphatic heterocycles. The molecule has 9 heteroatoms. The number of sulfonamides is 1. The van der Waals surface area contributed by atoms with Gasteiger partial charge in [0.15, 0.2) is 6.61 Å². The molecule has 3 aromatic carbocycles. The third-order valence-corrected chi connectivity index (χ3v) is 7.43. The van der Waals surface area contributed by atoms with E-state index in [0.29, 0.717) is 41.2 Å². The topological polar surface area (TPSA) is 102 Å². The molecule has 0 radical (unpaired) electrons. The average molecular weight is 495 g/mol. The summed E-state index contributed by atoms with van der Waals surface area (Å²) < 4.78 is 38.4. The molecule has 182 valence electrons. The van der Waals surface area contributed by atoms with Crippen molar-refractivity contribution in [2.45, 2.75) is 25.2 Å². The van der Waals surface area contributed by atoms with E-state index in [-0.39, 0.29) is 18.1 Å². The predicted octanol–water partition coefficient (Wildman–Crippen LogP) is 3.94. The Hall–Kier alpha value is -3.85. The summed E-state index contributed by atoms with van der Waals surface area (Å²) in [6.07, 6.45) is 0.677. The summed E-state index contributed by atoms with van der Waals surface area (Å²) in [6.45, 7) is 3.89. The maximum absolute atomic E-state index is 13.2. The Morgan fingerprint density at radius 2 is 1.77 bits per heavy atom. The zero-order valence-corrected chi connectivity index (χ0v) is 20.3. The Morgan fingerprint density at radius 1 is 1.03 bits per heavy atom. The fraction of sp³-hybridized carbons (Fsp3) is 0.231. The molecular weight excluding hydrogens is 468 g/mol. The van der Waals surface area contributed by atoms with E-state index in [1.54, 1.807) is 50.2 Å². The van der Waals surface area contributed by atoms with E-state index in [4.69, 9.17) is 9.47 Å². The lowest BCUT2D eigenvalue weighted by atomic mass is 10.2. The highest BCUT2D eigenvalue weighted by molar-refractivity contribution is 7.92. The summed E-state index contributed by atoms with van der Waals surface area (Å²) in [5.41, 5.74) is 3.22. The highest BCUT2D eigenvalue weighted by atomic mass is 32.2. The van der Waals surface area contributed by atoms with Gasteiger partial charge in [0.1, 0.15) is 5.75 Å². The zero-order chi connectivity index (χ0) is 25.0. The summed E-state index contributed by atoms with van der Waals surface area (Å²) in [5.74, 6) is -0.402. The van der Waals surface area contributed by atoms with Crippen molar-refractivity contribution in [2.24, 2.45) is 0 Å². The number of hydrogen-bond donors (Lipinski definition) is 1. The Morgan fingerprint density at radius 3 is 2.49 bits per heavy atom. The summed E-state index contributed by atoms with van der Waals surface area (Å²) in [7, 11) is -3.71. The highest BCUT2D eigenvalue weighted by Gasteiger charge is 2.30. The lowest BCUT2D eigenvalue weighted by Gasteiger charge is -2.20. The van der Waals surface area contributed by atoms with E-state index in [1.165, 1.54) is 10.4 Å². The molecule has 1 amide bonds. The second-order valence-electron chi connectivity index (χ2n) is 8.02. The summed E-state index contributed by atoms with van der Waals surface area (Å²) in [6, 6.07) is 18.4. The van der Waals surface area contributed by atoms with Crippen LogP contribution in [0.5, 0.6) is 5.75 Å². The van der Waals surface area contributed by atoms with Crippen molar-refractivity contribution in [1.29, 1.82) is 0 Å². The lowest BCUT2D eigenvalue weighted by molar-refractivity contribution is -0.118. The number of aryl methyl sites for hydroxylation is 1. The molecule has 0 aliphatic carbocycles. The molecule has 8 nitrogen and oxygen atoms in total. The summed E-state index contributed by atoms with van der Waals surface area (Å²) in [5, 5.41) is 2.69. The third kappa shape index (κ3) is 5.30. The normalized spacial score (nSPS) is 12.7. The fourth-order valence-corrected chi connectivity index (χ4v) is 5.46. The standard InChI is InChI=1S/C26H26N2O6S/c1-3-33-26(30)20-8-10-21(11-9-20)27-25(29)17-34-24-13-12-22(16-18(24)2)35(31,32)28-15-14-19-6-4-5-7-23(19)28/h4-13,16H,3,14-15,17H2,1-2H3,(H,27,29). The van der Waals surface area contributed by atoms with Crippen LogP contribution in [0.25, 0.3) is 0 Å². The number of nitrogens with one attached hydrogen (secondary N) is 1. The van der Waals surface area contributed by atoms with E-state index >= 15 is 0 Å². The molecule has 0 unspecified atom stereocenters. The van der Waals surface area contributed by atoms with Crippen LogP contribution >= 0.6 is 0 Å². The first kappa shape index (κ1) is 24.3. The Labute approximate surface area is 204 Å². The molecule has 0 bridgehead atoms. The molecule has 0 saturated heterocycles. The Bertz CT molecular complexity index is 1350. The zero-order valence-electron chi connectivity index (χ0n) is 19.5. The summed E-state index contributed by atoms with van der Waals surface area (Å²) in [4.78, 5) is 24.2. The van der Waals surface area contributed by atoms with E-state index in [1.807, 2.05) is 24.3 Å². The molecule has 3 aromatic rings. The number of rotatable bonds is 8. The maximum atomic E-state index is 13.2. The molecule has 35 heavy (non-hydrogen) atoms. The van der Waals surface area contributed by atoms with Crippen LogP contribution in [0.4, 0.5) is 11.4 Å². The predicted molar refractivity (Wildman–Crippen MR) is 132 cm³/mol. The molecular formula is C26H26N2O6S. The molecule has 0 aromatic heterocycles. The van der Waals surface area contributed by atoms with Crippen LogP contribution < -0.4 is 14.4 Å². The van der Waals surface area contributed by atoms with Gasteiger partial charge in [-0.2, -0.15) is 0 Å². The molecule has 4 rings (SSSR count). The van der Waals surface area contributed by atoms with Gasteiger partial charge in [0, 0.05) is 12.2 Å². The molecule has 0 fully saturated rings. The van der Waals surface area contributed by atoms with Gasteiger partial charge in [-0.15, -0.1) is 0 Å². The van der Waals surface area contributed by atoms with Crippen molar-refractivity contribution in [1.82, 2.24) is 0 Å². The minimum atomic E-state index is -3.71. The van der Waals surface area contributed by atoms with Crippen LogP contribution in [-0.4, -0.2) is 40.1 Å². The number of esters is 1. The number of ether oxygens (including phenoxy) is 2. The minimum absolute atomic E-state index is 0.171. The SMILES string of the molecule is CCOC(=O)c1ccc(NC(=O)COc2ccc(S(=O)(=O)N3CCc4ccccc43)cc2C)cc1. The fourth-order valence-electron chi connectivity index (χ4n) is 3.87. The number of para-hydroxylation sites is 1. The molecule has 1 N–H and O–H groups in total. The highest BCUT2D eigenvalue weighted by Crippen LogP contribution is 2.33. The van der Waals surface area contributed by atoms with Crippen LogP contribution in [0.2, 0.25) is 0 Å². The van der Waals surface area contributed by atoms with Gasteiger partial charge < -0.3 is 14.8 Å². The van der Waals surface area contributed by atoms with Crippen LogP contribution in [0.1, 0.15) is 28.4 Å². The average Bonchev–Trinajstić information content (AvgIpc) is 3.29. The van der Waals surface area contributed by atoms with Crippen molar-refractivity contribution in [3.05, 3.63) is 83.4 Å². The number of benzene rings is 3. The molecule has 0 spiro atoms. The first-order chi connectivity index (χ1) is 16.8. The smallest absolute Gasteiger partial charge is 0.338 e. The van der Waals surface area contributed by atoms with Gasteiger partial charge in [-0.1, -0.05) is 18.2 Å². The number of fused-ring (bicyclic) bond motifs is 1. The van der Waals surface area contributed by atoms with E-state index in [9.17, 15) is 18.0 Å². The summed E-state index contributed by atoms with van der Waals surface area (Å²) >= 11 is 0. The van der Waals surface area contributed by atoms with Crippen molar-refractivity contribution in [3.63, 3.8) is 0 Å². The number of anilines is 2. The lowest BCUT2D eigenvalue weighted by Crippen LogP contribution is -2.29. The Balaban J connectivity index is 1.38. The molecule has 0 atom stereocenters. The van der Waals surface area contributed by atoms with E-state index in [2.05, 4.69) is 5.32 Å². The number of carbonyl (C=O) groups excluding carboxylic acids is 2. The van der Waals surface area contributed by atoms with Crippen molar-refractivity contribution >= 4 is 33.3 Å². The van der Waals surface area contributed by atoms with Crippen LogP contribution in [0.15, 0.2) is 71.6 Å². The second kappa shape index (κ2) is 10.2. The molecule has 0 saturated carbocycles. The van der Waals surface area contributed by atoms with Gasteiger partial charge in [0.25, 0.3) is 15.9 Å². The molecule has 1 aliphatic rings. The molecule has 1 heterocycles. The quantitative estimate of drug-likeness (QED) is 0.476. The van der Waals surface area contributed by atoms with Gasteiger partial charge in [0.05, 0.1) is 22.8 Å². The third-order valence-electron chi connectivity index (χ3n) is 5.62. The number of amides is 1. The monoisotopic (exact) mass is 494 g/mol. The number of hydrogen-bond acceptors (Lipinski definition) is 6. The first-order valence-corrected chi connectivity index (χ1v) is 12.6. The minimum Gasteiger partial charge on any atom is -0.483 e. The van der Waals surface area contributed by atoms with Gasteiger partial charge in [-0.25, -0.2) is 13.2 Å². The van der Waals surface area contributed by atoms with Crippen LogP contribution in [0, 0.1) is 6.92 Å². The largest absolute Gasteiger partial charge is 0.483 e. The first-order valence-electron chi connectivity index (χ1n) is 11.2. The van der Waals surface area contributed by atoms with Gasteiger partial charge in [-0.3, -0.25) is 9.10 Å². The van der Waals surface area contributed by atoms with Crippen molar-refractivity contribution in [2.75, 3.05) is 29.4 Å². The van der Waals surface area contributed by atoms with Gasteiger partial charge in [-0.05, 0) is 79.9 Å². The van der Waals surface area contributed by atoms with Crippen molar-refractivity contribution < 1.29 is 27.5 Å². The number of carbonyl (C=O) groups is 2. The van der Waals surface area contributed by atoms with Crippen molar-refractivity contribution in [3.8, 4) is 5.75 Å². The van der Waals surface area contributed by atoms with E-state index < -0.39 is 21.9 Å². The van der Waals surface area contributed by atoms with Crippen LogP contribution in [0.3, 0.4) is 0 Å².